The Hall–Kier alpha value is -1.42. The molecule has 0 aromatic heterocycles. The molecule has 0 aliphatic carbocycles. The van der Waals surface area contributed by atoms with E-state index in [2.05, 4.69) is 22.5 Å². The van der Waals surface area contributed by atoms with Crippen LogP contribution in [0, 0.1) is 0 Å². The number of rotatable bonds is 5. The van der Waals surface area contributed by atoms with E-state index in [-0.39, 0.29) is 24.4 Å². The summed E-state index contributed by atoms with van der Waals surface area (Å²) in [4.78, 5) is 23.0. The number of carbonyl (C=O) groups excluding carboxylic acids is 2. The van der Waals surface area contributed by atoms with E-state index in [4.69, 9.17) is 4.74 Å². The van der Waals surface area contributed by atoms with Gasteiger partial charge in [-0.2, -0.15) is 0 Å². The standard InChI is InChI=1S/C13H13BrO3/c1-3-17-13(16)9(2)12(15)8-10-4-6-11(14)7-5-10/h4-7H,2-3,8H2,1H3. The van der Waals surface area contributed by atoms with Gasteiger partial charge in [-0.15, -0.1) is 0 Å². The average molecular weight is 297 g/mol. The van der Waals surface area contributed by atoms with Gasteiger partial charge in [0, 0.05) is 10.9 Å². The Labute approximate surface area is 109 Å². The fraction of sp³-hybridized carbons (Fsp3) is 0.231. The van der Waals surface area contributed by atoms with E-state index in [9.17, 15) is 9.59 Å². The molecule has 0 amide bonds. The van der Waals surface area contributed by atoms with Crippen molar-refractivity contribution in [2.45, 2.75) is 13.3 Å². The lowest BCUT2D eigenvalue weighted by Crippen LogP contribution is -2.16. The lowest BCUT2D eigenvalue weighted by molar-refractivity contribution is -0.139. The number of carbonyl (C=O) groups is 2. The van der Waals surface area contributed by atoms with Crippen molar-refractivity contribution < 1.29 is 14.3 Å². The molecular formula is C13H13BrO3. The van der Waals surface area contributed by atoms with Crippen LogP contribution in [0.3, 0.4) is 0 Å². The molecule has 17 heavy (non-hydrogen) atoms. The molecule has 1 aromatic carbocycles. The first-order chi connectivity index (χ1) is 8.04. The summed E-state index contributed by atoms with van der Waals surface area (Å²) in [5, 5.41) is 0. The third-order valence-corrected chi connectivity index (χ3v) is 2.67. The van der Waals surface area contributed by atoms with Gasteiger partial charge in [-0.05, 0) is 24.6 Å². The molecule has 0 N–H and O–H groups in total. The van der Waals surface area contributed by atoms with E-state index >= 15 is 0 Å². The van der Waals surface area contributed by atoms with Crippen molar-refractivity contribution in [2.75, 3.05) is 6.61 Å². The predicted octanol–water partition coefficient (Wildman–Crippen LogP) is 2.68. The van der Waals surface area contributed by atoms with Crippen LogP contribution in [0.5, 0.6) is 0 Å². The van der Waals surface area contributed by atoms with Crippen molar-refractivity contribution in [1.29, 1.82) is 0 Å². The smallest absolute Gasteiger partial charge is 0.341 e. The van der Waals surface area contributed by atoms with Crippen molar-refractivity contribution in [3.63, 3.8) is 0 Å². The lowest BCUT2D eigenvalue weighted by Gasteiger charge is -2.04. The number of esters is 1. The van der Waals surface area contributed by atoms with Gasteiger partial charge in [0.05, 0.1) is 12.2 Å². The van der Waals surface area contributed by atoms with Crippen molar-refractivity contribution in [1.82, 2.24) is 0 Å². The van der Waals surface area contributed by atoms with Gasteiger partial charge in [0.25, 0.3) is 0 Å². The highest BCUT2D eigenvalue weighted by atomic mass is 79.9. The summed E-state index contributed by atoms with van der Waals surface area (Å²) in [7, 11) is 0. The van der Waals surface area contributed by atoms with E-state index in [0.29, 0.717) is 0 Å². The fourth-order valence-electron chi connectivity index (χ4n) is 1.23. The third kappa shape index (κ3) is 4.15. The lowest BCUT2D eigenvalue weighted by atomic mass is 10.0. The average Bonchev–Trinajstić information content (AvgIpc) is 2.31. The summed E-state index contributed by atoms with van der Waals surface area (Å²) < 4.78 is 5.66. The first-order valence-corrected chi connectivity index (χ1v) is 5.97. The van der Waals surface area contributed by atoms with Gasteiger partial charge in [-0.1, -0.05) is 34.6 Å². The minimum Gasteiger partial charge on any atom is -0.462 e. The van der Waals surface area contributed by atoms with Crippen LogP contribution < -0.4 is 0 Å². The normalized spacial score (nSPS) is 9.76. The summed E-state index contributed by atoms with van der Waals surface area (Å²) in [6.45, 7) is 5.38. The van der Waals surface area contributed by atoms with Gasteiger partial charge in [0.2, 0.25) is 0 Å². The molecule has 0 bridgehead atoms. The number of halogens is 1. The molecule has 0 heterocycles. The highest BCUT2D eigenvalue weighted by molar-refractivity contribution is 9.10. The zero-order valence-electron chi connectivity index (χ0n) is 9.53. The third-order valence-electron chi connectivity index (χ3n) is 2.14. The van der Waals surface area contributed by atoms with Crippen molar-refractivity contribution in [3.05, 3.63) is 46.5 Å². The quantitative estimate of drug-likeness (QED) is 0.363. The first kappa shape index (κ1) is 13.6. The molecule has 3 nitrogen and oxygen atoms in total. The van der Waals surface area contributed by atoms with Crippen molar-refractivity contribution in [2.24, 2.45) is 0 Å². The number of hydrogen-bond donors (Lipinski definition) is 0. The minimum atomic E-state index is -0.644. The van der Waals surface area contributed by atoms with Crippen LogP contribution >= 0.6 is 15.9 Å². The van der Waals surface area contributed by atoms with Gasteiger partial charge in [-0.3, -0.25) is 4.79 Å². The second-order valence-corrected chi connectivity index (χ2v) is 4.34. The van der Waals surface area contributed by atoms with Crippen LogP contribution in [0.4, 0.5) is 0 Å². The number of ether oxygens (including phenoxy) is 1. The summed E-state index contributed by atoms with van der Waals surface area (Å²) in [5.74, 6) is -0.958. The van der Waals surface area contributed by atoms with Gasteiger partial charge in [0.1, 0.15) is 0 Å². The van der Waals surface area contributed by atoms with Crippen LogP contribution in [-0.2, 0) is 20.7 Å². The summed E-state index contributed by atoms with van der Waals surface area (Å²) in [5.41, 5.74) is 0.735. The Morgan fingerprint density at radius 2 is 1.88 bits per heavy atom. The maximum Gasteiger partial charge on any atom is 0.341 e. The fourth-order valence-corrected chi connectivity index (χ4v) is 1.49. The van der Waals surface area contributed by atoms with Gasteiger partial charge in [-0.25, -0.2) is 4.79 Å². The van der Waals surface area contributed by atoms with E-state index in [0.717, 1.165) is 10.0 Å². The van der Waals surface area contributed by atoms with Gasteiger partial charge < -0.3 is 4.74 Å². The highest BCUT2D eigenvalue weighted by Crippen LogP contribution is 2.12. The molecule has 0 saturated heterocycles. The molecule has 0 aliphatic rings. The van der Waals surface area contributed by atoms with E-state index in [1.165, 1.54) is 0 Å². The largest absolute Gasteiger partial charge is 0.462 e. The second-order valence-electron chi connectivity index (χ2n) is 3.43. The molecule has 1 rings (SSSR count). The highest BCUT2D eigenvalue weighted by Gasteiger charge is 2.16. The van der Waals surface area contributed by atoms with Crippen LogP contribution in [0.2, 0.25) is 0 Å². The number of hydrogen-bond acceptors (Lipinski definition) is 3. The molecule has 0 fully saturated rings. The Morgan fingerprint density at radius 1 is 1.29 bits per heavy atom. The summed E-state index contributed by atoms with van der Waals surface area (Å²) >= 11 is 3.31. The first-order valence-electron chi connectivity index (χ1n) is 5.18. The summed E-state index contributed by atoms with van der Waals surface area (Å²) in [6, 6.07) is 7.33. The van der Waals surface area contributed by atoms with Gasteiger partial charge >= 0.3 is 5.97 Å². The Kier molecular flexibility index (Phi) is 5.10. The molecule has 1 aromatic rings. The van der Waals surface area contributed by atoms with E-state index in [1.807, 2.05) is 24.3 Å². The minimum absolute atomic E-state index is 0.102. The Morgan fingerprint density at radius 3 is 2.41 bits per heavy atom. The van der Waals surface area contributed by atoms with Crippen LogP contribution in [0.1, 0.15) is 12.5 Å². The number of benzene rings is 1. The monoisotopic (exact) mass is 296 g/mol. The van der Waals surface area contributed by atoms with Crippen molar-refractivity contribution in [3.8, 4) is 0 Å². The second kappa shape index (κ2) is 6.35. The van der Waals surface area contributed by atoms with E-state index in [1.54, 1.807) is 6.92 Å². The van der Waals surface area contributed by atoms with Crippen molar-refractivity contribution >= 4 is 27.7 Å². The van der Waals surface area contributed by atoms with E-state index < -0.39 is 5.97 Å². The molecule has 4 heteroatoms. The molecule has 0 radical (unpaired) electrons. The number of ketones is 1. The summed E-state index contributed by atoms with van der Waals surface area (Å²) in [6.07, 6.45) is 0.158. The predicted molar refractivity (Wildman–Crippen MR) is 68.6 cm³/mol. The Balaban J connectivity index is 2.63. The molecule has 90 valence electrons. The zero-order chi connectivity index (χ0) is 12.8. The van der Waals surface area contributed by atoms with Gasteiger partial charge in [0.15, 0.2) is 5.78 Å². The molecule has 0 spiro atoms. The number of Topliss-reactive ketones (excluding diaryl/α,β-unsaturated/α-hetero) is 1. The van der Waals surface area contributed by atoms with Crippen LogP contribution in [0.25, 0.3) is 0 Å². The molecular weight excluding hydrogens is 284 g/mol. The molecule has 0 unspecified atom stereocenters. The molecule has 0 aliphatic heterocycles. The molecule has 0 saturated carbocycles. The maximum absolute atomic E-state index is 11.7. The Bertz CT molecular complexity index is 434. The maximum atomic E-state index is 11.7. The molecule has 0 atom stereocenters. The van der Waals surface area contributed by atoms with Crippen LogP contribution in [-0.4, -0.2) is 18.4 Å². The zero-order valence-corrected chi connectivity index (χ0v) is 11.1. The topological polar surface area (TPSA) is 43.4 Å². The SMILES string of the molecule is C=C(C(=O)Cc1ccc(Br)cc1)C(=O)OCC. The van der Waals surface area contributed by atoms with Crippen LogP contribution in [0.15, 0.2) is 40.9 Å².